The zero-order valence-corrected chi connectivity index (χ0v) is 20.7. The van der Waals surface area contributed by atoms with Gasteiger partial charge in [-0.3, -0.25) is 9.69 Å². The predicted octanol–water partition coefficient (Wildman–Crippen LogP) is 5.94. The van der Waals surface area contributed by atoms with E-state index in [4.69, 9.17) is 10.5 Å². The van der Waals surface area contributed by atoms with E-state index in [0.717, 1.165) is 68.7 Å². The van der Waals surface area contributed by atoms with Gasteiger partial charge >= 0.3 is 0 Å². The lowest BCUT2D eigenvalue weighted by Gasteiger charge is -2.34. The van der Waals surface area contributed by atoms with Crippen molar-refractivity contribution in [3.05, 3.63) is 82.9 Å². The van der Waals surface area contributed by atoms with Gasteiger partial charge < -0.3 is 15.4 Å². The summed E-state index contributed by atoms with van der Waals surface area (Å²) in [6.07, 6.45) is 4.33. The third-order valence-corrected chi connectivity index (χ3v) is 7.24. The fourth-order valence-electron chi connectivity index (χ4n) is 5.54. The first kappa shape index (κ1) is 23.4. The van der Waals surface area contributed by atoms with E-state index in [2.05, 4.69) is 72.2 Å². The average Bonchev–Trinajstić information content (AvgIpc) is 3.27. The molecule has 3 aromatic carbocycles. The lowest BCUT2D eigenvalue weighted by atomic mass is 9.88. The average molecular weight is 470 g/mol. The van der Waals surface area contributed by atoms with Crippen molar-refractivity contribution in [3.63, 3.8) is 0 Å². The van der Waals surface area contributed by atoms with Crippen LogP contribution in [0, 0.1) is 0 Å². The van der Waals surface area contributed by atoms with E-state index in [1.807, 2.05) is 12.1 Å². The predicted molar refractivity (Wildman–Crippen MR) is 143 cm³/mol. The van der Waals surface area contributed by atoms with Gasteiger partial charge in [0.1, 0.15) is 12.0 Å². The number of nitrogen functional groups attached to an aromatic ring is 1. The summed E-state index contributed by atoms with van der Waals surface area (Å²) < 4.78 is 6.10. The molecule has 182 valence electrons. The Hall–Kier alpha value is -3.31. The van der Waals surface area contributed by atoms with Crippen molar-refractivity contribution < 1.29 is 9.53 Å². The third kappa shape index (κ3) is 5.06. The van der Waals surface area contributed by atoms with Crippen molar-refractivity contribution in [2.24, 2.45) is 0 Å². The highest BCUT2D eigenvalue weighted by Gasteiger charge is 2.26. The van der Waals surface area contributed by atoms with Crippen LogP contribution >= 0.6 is 0 Å². The number of para-hydroxylation sites is 1. The monoisotopic (exact) mass is 469 g/mol. The van der Waals surface area contributed by atoms with Crippen LogP contribution in [0.3, 0.4) is 0 Å². The first-order valence-corrected chi connectivity index (χ1v) is 12.7. The molecule has 1 saturated heterocycles. The van der Waals surface area contributed by atoms with Gasteiger partial charge in [-0.1, -0.05) is 24.3 Å². The number of nitrogens with two attached hydrogens (primary N) is 1. The first-order valence-electron chi connectivity index (χ1n) is 12.7. The van der Waals surface area contributed by atoms with Crippen LogP contribution in [0.1, 0.15) is 59.7 Å². The van der Waals surface area contributed by atoms with Crippen LogP contribution in [0.4, 0.5) is 17.1 Å². The second kappa shape index (κ2) is 10.1. The smallest absolute Gasteiger partial charge is 0.150 e. The van der Waals surface area contributed by atoms with Gasteiger partial charge in [-0.25, -0.2) is 0 Å². The lowest BCUT2D eigenvalue weighted by Crippen LogP contribution is -2.33. The quantitative estimate of drug-likeness (QED) is 0.343. The third-order valence-electron chi connectivity index (χ3n) is 7.24. The van der Waals surface area contributed by atoms with Gasteiger partial charge in [-0.2, -0.15) is 0 Å². The molecular formula is C30H35N3O2. The molecule has 3 aromatic rings. The van der Waals surface area contributed by atoms with Crippen LogP contribution in [-0.2, 0) is 13.0 Å². The second-order valence-electron chi connectivity index (χ2n) is 10.1. The molecular weight excluding hydrogens is 434 g/mol. The van der Waals surface area contributed by atoms with Crippen molar-refractivity contribution in [3.8, 4) is 5.75 Å². The molecule has 0 amide bonds. The first-order chi connectivity index (χ1) is 17.0. The molecule has 5 rings (SSSR count). The number of benzene rings is 3. The molecule has 0 aromatic heterocycles. The summed E-state index contributed by atoms with van der Waals surface area (Å²) in [4.78, 5) is 16.5. The Labute approximate surface area is 208 Å². The van der Waals surface area contributed by atoms with Crippen LogP contribution in [0.5, 0.6) is 5.75 Å². The molecule has 0 saturated carbocycles. The molecule has 2 aliphatic rings. The highest BCUT2D eigenvalue weighted by atomic mass is 16.5. The van der Waals surface area contributed by atoms with E-state index in [0.29, 0.717) is 5.92 Å². The Morgan fingerprint density at radius 1 is 1.00 bits per heavy atom. The summed E-state index contributed by atoms with van der Waals surface area (Å²) in [5, 5.41) is 0. The Morgan fingerprint density at radius 2 is 1.80 bits per heavy atom. The van der Waals surface area contributed by atoms with Gasteiger partial charge in [0.2, 0.25) is 0 Å². The molecule has 2 aliphatic heterocycles. The number of piperidine rings is 1. The zero-order chi connectivity index (χ0) is 24.4. The van der Waals surface area contributed by atoms with Crippen LogP contribution in [0.15, 0.2) is 60.7 Å². The number of hydrogen-bond donors (Lipinski definition) is 1. The number of nitrogens with zero attached hydrogens (tertiary/aromatic N) is 2. The standard InChI is InChI=1S/C30H35N3O2/c1-21(2)35-30-6-4-3-5-27(30)23-11-14-32(15-12-23)19-25-17-22(20-34)7-10-28(25)33-16-13-24-8-9-26(31)18-29(24)33/h3-10,17-18,20-21,23H,11-16,19,31H2,1-2H3. The number of carbonyl (C=O) groups is 1. The topological polar surface area (TPSA) is 58.8 Å². The fourth-order valence-corrected chi connectivity index (χ4v) is 5.54. The van der Waals surface area contributed by atoms with E-state index in [1.54, 1.807) is 0 Å². The van der Waals surface area contributed by atoms with E-state index in [1.165, 1.54) is 28.1 Å². The van der Waals surface area contributed by atoms with Gasteiger partial charge in [-0.15, -0.1) is 0 Å². The Balaban J connectivity index is 1.33. The summed E-state index contributed by atoms with van der Waals surface area (Å²) >= 11 is 0. The molecule has 5 nitrogen and oxygen atoms in total. The minimum Gasteiger partial charge on any atom is -0.491 e. The molecule has 0 radical (unpaired) electrons. The minimum atomic E-state index is 0.172. The van der Waals surface area contributed by atoms with Crippen LogP contribution in [-0.4, -0.2) is 36.9 Å². The SMILES string of the molecule is CC(C)Oc1ccccc1C1CCN(Cc2cc(C=O)ccc2N2CCc3ccc(N)cc32)CC1. The second-order valence-corrected chi connectivity index (χ2v) is 10.1. The maximum Gasteiger partial charge on any atom is 0.150 e. The Kier molecular flexibility index (Phi) is 6.78. The zero-order valence-electron chi connectivity index (χ0n) is 20.7. The van der Waals surface area contributed by atoms with Crippen LogP contribution in [0.2, 0.25) is 0 Å². The van der Waals surface area contributed by atoms with Crippen molar-refractivity contribution in [1.82, 2.24) is 4.90 Å². The number of fused-ring (bicyclic) bond motifs is 1. The van der Waals surface area contributed by atoms with Gasteiger partial charge in [0.15, 0.2) is 0 Å². The maximum atomic E-state index is 11.6. The van der Waals surface area contributed by atoms with Gasteiger partial charge in [0, 0.05) is 35.7 Å². The molecule has 0 unspecified atom stereocenters. The Bertz CT molecular complexity index is 1200. The van der Waals surface area contributed by atoms with Crippen molar-refractivity contribution in [1.29, 1.82) is 0 Å². The van der Waals surface area contributed by atoms with Crippen molar-refractivity contribution in [2.45, 2.75) is 51.7 Å². The summed E-state index contributed by atoms with van der Waals surface area (Å²) in [6.45, 7) is 7.97. The molecule has 0 spiro atoms. The Morgan fingerprint density at radius 3 is 2.57 bits per heavy atom. The number of likely N-dealkylation sites (tertiary alicyclic amines) is 1. The molecule has 5 heteroatoms. The normalized spacial score (nSPS) is 16.5. The maximum absolute atomic E-state index is 11.6. The molecule has 2 N–H and O–H groups in total. The summed E-state index contributed by atoms with van der Waals surface area (Å²) in [7, 11) is 0. The summed E-state index contributed by atoms with van der Waals surface area (Å²) in [5.41, 5.74) is 13.8. The largest absolute Gasteiger partial charge is 0.491 e. The molecule has 1 fully saturated rings. The van der Waals surface area contributed by atoms with E-state index >= 15 is 0 Å². The summed E-state index contributed by atoms with van der Waals surface area (Å²) in [6, 6.07) is 20.8. The van der Waals surface area contributed by atoms with Crippen molar-refractivity contribution >= 4 is 23.3 Å². The summed E-state index contributed by atoms with van der Waals surface area (Å²) in [5.74, 6) is 1.53. The number of rotatable bonds is 7. The highest BCUT2D eigenvalue weighted by Crippen LogP contribution is 2.39. The van der Waals surface area contributed by atoms with E-state index < -0.39 is 0 Å². The van der Waals surface area contributed by atoms with Crippen molar-refractivity contribution in [2.75, 3.05) is 30.3 Å². The minimum absolute atomic E-state index is 0.172. The number of ether oxygens (including phenoxy) is 1. The number of anilines is 3. The van der Waals surface area contributed by atoms with Gasteiger partial charge in [0.25, 0.3) is 0 Å². The van der Waals surface area contributed by atoms with Crippen LogP contribution < -0.4 is 15.4 Å². The van der Waals surface area contributed by atoms with Gasteiger partial charge in [-0.05, 0) is 105 Å². The van der Waals surface area contributed by atoms with Crippen LogP contribution in [0.25, 0.3) is 0 Å². The highest BCUT2D eigenvalue weighted by molar-refractivity contribution is 5.80. The molecule has 0 aliphatic carbocycles. The fraction of sp³-hybridized carbons (Fsp3) is 0.367. The van der Waals surface area contributed by atoms with E-state index in [-0.39, 0.29) is 6.10 Å². The number of aldehydes is 1. The molecule has 0 bridgehead atoms. The molecule has 35 heavy (non-hydrogen) atoms. The molecule has 2 heterocycles. The number of carbonyl (C=O) groups excluding carboxylic acids is 1. The lowest BCUT2D eigenvalue weighted by molar-refractivity contribution is 0.112. The molecule has 0 atom stereocenters. The van der Waals surface area contributed by atoms with Gasteiger partial charge in [0.05, 0.1) is 6.10 Å². The number of hydrogen-bond acceptors (Lipinski definition) is 5. The van der Waals surface area contributed by atoms with E-state index in [9.17, 15) is 4.79 Å².